The summed E-state index contributed by atoms with van der Waals surface area (Å²) in [6, 6.07) is 10.8. The van der Waals surface area contributed by atoms with E-state index in [2.05, 4.69) is 10.3 Å². The fourth-order valence-corrected chi connectivity index (χ4v) is 1.90. The van der Waals surface area contributed by atoms with Crippen molar-refractivity contribution in [2.45, 2.75) is 13.3 Å². The Bertz CT molecular complexity index is 671. The first-order valence-corrected chi connectivity index (χ1v) is 7.04. The zero-order chi connectivity index (χ0) is 15.9. The molecule has 0 aliphatic heterocycles. The average molecular weight is 319 g/mol. The van der Waals surface area contributed by atoms with Crippen LogP contribution in [0.2, 0.25) is 5.15 Å². The minimum atomic E-state index is -0.466. The van der Waals surface area contributed by atoms with Gasteiger partial charge in [-0.2, -0.15) is 0 Å². The molecular formula is C16H15ClN2O3. The Hall–Kier alpha value is -2.40. The molecule has 2 rings (SSSR count). The molecule has 0 aliphatic rings. The molecule has 0 fully saturated rings. The predicted octanol–water partition coefficient (Wildman–Crippen LogP) is 2.77. The molecule has 1 aromatic heterocycles. The van der Waals surface area contributed by atoms with Gasteiger partial charge in [0.1, 0.15) is 0 Å². The number of halogens is 1. The molecule has 0 saturated carbocycles. The van der Waals surface area contributed by atoms with Crippen molar-refractivity contribution in [2.75, 3.05) is 11.9 Å². The summed E-state index contributed by atoms with van der Waals surface area (Å²) in [4.78, 5) is 27.2. The van der Waals surface area contributed by atoms with Gasteiger partial charge < -0.3 is 10.1 Å². The molecule has 2 aromatic rings. The van der Waals surface area contributed by atoms with Crippen LogP contribution in [0.1, 0.15) is 11.1 Å². The van der Waals surface area contributed by atoms with Gasteiger partial charge in [-0.25, -0.2) is 4.98 Å². The number of rotatable bonds is 5. The van der Waals surface area contributed by atoms with Gasteiger partial charge in [0.05, 0.1) is 12.1 Å². The van der Waals surface area contributed by atoms with Crippen molar-refractivity contribution in [3.63, 3.8) is 0 Å². The van der Waals surface area contributed by atoms with E-state index in [4.69, 9.17) is 16.3 Å². The van der Waals surface area contributed by atoms with Crippen LogP contribution in [0.4, 0.5) is 5.69 Å². The summed E-state index contributed by atoms with van der Waals surface area (Å²) in [5.74, 6) is -0.927. The Balaban J connectivity index is 1.79. The van der Waals surface area contributed by atoms with E-state index in [1.165, 1.54) is 6.20 Å². The average Bonchev–Trinajstić information content (AvgIpc) is 2.50. The first-order chi connectivity index (χ1) is 10.5. The fraction of sp³-hybridized carbons (Fsp3) is 0.188. The van der Waals surface area contributed by atoms with Gasteiger partial charge in [0.15, 0.2) is 11.8 Å². The van der Waals surface area contributed by atoms with E-state index in [1.807, 2.05) is 31.2 Å². The van der Waals surface area contributed by atoms with E-state index in [-0.39, 0.29) is 18.2 Å². The second-order valence-corrected chi connectivity index (χ2v) is 5.07. The molecule has 1 aromatic carbocycles. The molecule has 5 nitrogen and oxygen atoms in total. The van der Waals surface area contributed by atoms with Crippen molar-refractivity contribution in [3.8, 4) is 0 Å². The number of hydrogen-bond acceptors (Lipinski definition) is 4. The summed E-state index contributed by atoms with van der Waals surface area (Å²) in [6.07, 6.45) is 1.64. The van der Waals surface area contributed by atoms with Crippen LogP contribution in [-0.4, -0.2) is 23.5 Å². The number of aryl methyl sites for hydroxylation is 1. The highest BCUT2D eigenvalue weighted by atomic mass is 35.5. The highest BCUT2D eigenvalue weighted by Gasteiger charge is 2.10. The zero-order valence-corrected chi connectivity index (χ0v) is 12.8. The SMILES string of the molecule is Cc1ccc(CC(=O)OCC(=O)Nc2cccnc2Cl)cc1. The molecule has 1 N–H and O–H groups in total. The van der Waals surface area contributed by atoms with E-state index in [0.29, 0.717) is 5.69 Å². The van der Waals surface area contributed by atoms with E-state index >= 15 is 0 Å². The molecule has 0 spiro atoms. The topological polar surface area (TPSA) is 68.3 Å². The zero-order valence-electron chi connectivity index (χ0n) is 12.0. The van der Waals surface area contributed by atoms with Crippen molar-refractivity contribution in [2.24, 2.45) is 0 Å². The Morgan fingerprint density at radius 1 is 1.23 bits per heavy atom. The van der Waals surface area contributed by atoms with Crippen molar-refractivity contribution in [1.29, 1.82) is 0 Å². The van der Waals surface area contributed by atoms with Gasteiger partial charge >= 0.3 is 5.97 Å². The number of benzene rings is 1. The van der Waals surface area contributed by atoms with E-state index in [0.717, 1.165) is 11.1 Å². The number of carbonyl (C=O) groups is 2. The lowest BCUT2D eigenvalue weighted by Gasteiger charge is -2.07. The maximum absolute atomic E-state index is 11.7. The first kappa shape index (κ1) is 16.0. The van der Waals surface area contributed by atoms with Crippen molar-refractivity contribution in [3.05, 3.63) is 58.9 Å². The lowest BCUT2D eigenvalue weighted by molar-refractivity contribution is -0.146. The predicted molar refractivity (Wildman–Crippen MR) is 83.7 cm³/mol. The van der Waals surface area contributed by atoms with Gasteiger partial charge in [-0.3, -0.25) is 9.59 Å². The largest absolute Gasteiger partial charge is 0.455 e. The summed E-state index contributed by atoms with van der Waals surface area (Å²) in [5.41, 5.74) is 2.33. The third-order valence-corrected chi connectivity index (χ3v) is 3.17. The highest BCUT2D eigenvalue weighted by molar-refractivity contribution is 6.32. The molecule has 22 heavy (non-hydrogen) atoms. The number of hydrogen-bond donors (Lipinski definition) is 1. The van der Waals surface area contributed by atoms with Crippen molar-refractivity contribution in [1.82, 2.24) is 4.98 Å². The number of ether oxygens (including phenoxy) is 1. The van der Waals surface area contributed by atoms with Crippen LogP contribution >= 0.6 is 11.6 Å². The lowest BCUT2D eigenvalue weighted by Crippen LogP contribution is -2.21. The van der Waals surface area contributed by atoms with Crippen molar-refractivity contribution < 1.29 is 14.3 Å². The number of nitrogens with zero attached hydrogens (tertiary/aromatic N) is 1. The van der Waals surface area contributed by atoms with Gasteiger partial charge in [-0.1, -0.05) is 41.4 Å². The molecule has 0 aliphatic carbocycles. The second kappa shape index (κ2) is 7.56. The number of nitrogens with one attached hydrogen (secondary N) is 1. The van der Waals surface area contributed by atoms with E-state index in [9.17, 15) is 9.59 Å². The Kier molecular flexibility index (Phi) is 5.49. The quantitative estimate of drug-likeness (QED) is 0.680. The van der Waals surface area contributed by atoms with E-state index < -0.39 is 11.9 Å². The molecule has 6 heteroatoms. The summed E-state index contributed by atoms with van der Waals surface area (Å²) in [5, 5.41) is 2.71. The van der Waals surface area contributed by atoms with Crippen LogP contribution in [0, 0.1) is 6.92 Å². The monoisotopic (exact) mass is 318 g/mol. The van der Waals surface area contributed by atoms with Crippen LogP contribution < -0.4 is 5.32 Å². The highest BCUT2D eigenvalue weighted by Crippen LogP contribution is 2.17. The number of anilines is 1. The van der Waals surface area contributed by atoms with E-state index in [1.54, 1.807) is 12.1 Å². The summed E-state index contributed by atoms with van der Waals surface area (Å²) in [6.45, 7) is 1.60. The van der Waals surface area contributed by atoms with Crippen molar-refractivity contribution >= 4 is 29.2 Å². The van der Waals surface area contributed by atoms with Gasteiger partial charge in [0.25, 0.3) is 5.91 Å². The molecule has 0 atom stereocenters. The molecule has 1 amide bonds. The maximum atomic E-state index is 11.7. The minimum absolute atomic E-state index is 0.126. The summed E-state index contributed by atoms with van der Waals surface area (Å²) >= 11 is 5.82. The van der Waals surface area contributed by atoms with Crippen LogP contribution in [0.15, 0.2) is 42.6 Å². The third-order valence-electron chi connectivity index (χ3n) is 2.87. The van der Waals surface area contributed by atoms with Gasteiger partial charge in [0.2, 0.25) is 0 Å². The van der Waals surface area contributed by atoms with Crippen LogP contribution in [-0.2, 0) is 20.7 Å². The lowest BCUT2D eigenvalue weighted by atomic mass is 10.1. The number of carbonyl (C=O) groups excluding carboxylic acids is 2. The second-order valence-electron chi connectivity index (χ2n) is 4.71. The number of esters is 1. The molecule has 1 heterocycles. The minimum Gasteiger partial charge on any atom is -0.455 e. The summed E-state index contributed by atoms with van der Waals surface area (Å²) in [7, 11) is 0. The third kappa shape index (κ3) is 4.86. The molecule has 0 saturated heterocycles. The molecule has 0 bridgehead atoms. The molecule has 0 radical (unpaired) electrons. The summed E-state index contributed by atoms with van der Waals surface area (Å²) < 4.78 is 4.94. The van der Waals surface area contributed by atoms with Gasteiger partial charge in [-0.15, -0.1) is 0 Å². The van der Waals surface area contributed by atoms with Gasteiger partial charge in [-0.05, 0) is 24.6 Å². The first-order valence-electron chi connectivity index (χ1n) is 6.66. The smallest absolute Gasteiger partial charge is 0.310 e. The number of pyridine rings is 1. The fourth-order valence-electron chi connectivity index (χ4n) is 1.74. The molecule has 0 unspecified atom stereocenters. The Morgan fingerprint density at radius 2 is 1.95 bits per heavy atom. The van der Waals surface area contributed by atoms with Crippen LogP contribution in [0.3, 0.4) is 0 Å². The Morgan fingerprint density at radius 3 is 2.64 bits per heavy atom. The number of aromatic nitrogens is 1. The number of amides is 1. The maximum Gasteiger partial charge on any atom is 0.310 e. The standard InChI is InChI=1S/C16H15ClN2O3/c1-11-4-6-12(7-5-11)9-15(21)22-10-14(20)19-13-3-2-8-18-16(13)17/h2-8H,9-10H2,1H3,(H,19,20). The van der Waals surface area contributed by atoms with Gasteiger partial charge in [0, 0.05) is 6.20 Å². The molecular weight excluding hydrogens is 304 g/mol. The van der Waals surface area contributed by atoms with Crippen LogP contribution in [0.25, 0.3) is 0 Å². The van der Waals surface area contributed by atoms with Crippen LogP contribution in [0.5, 0.6) is 0 Å². The normalized spacial score (nSPS) is 10.1. The Labute approximate surface area is 133 Å². The molecule has 114 valence electrons.